The fourth-order valence-electron chi connectivity index (χ4n) is 5.61. The van der Waals surface area contributed by atoms with Gasteiger partial charge < -0.3 is 10.1 Å². The van der Waals surface area contributed by atoms with E-state index in [1.807, 2.05) is 6.07 Å². The molecule has 0 radical (unpaired) electrons. The van der Waals surface area contributed by atoms with E-state index >= 15 is 0 Å². The van der Waals surface area contributed by atoms with Gasteiger partial charge in [0.15, 0.2) is 6.73 Å². The standard InChI is InChI=1S/C27H24N2O3/c1-17(30)32-16-29-24-9-8-19(15-23(24)27(26(29)31)10-12-28-13-11-27)22-14-20-6-2-4-18-5-3-7-21(22)25(18)20/h2-9,14-15,28H,10-13,16H2,1H3. The molecule has 0 saturated carbocycles. The Labute approximate surface area is 186 Å². The number of piperidine rings is 1. The summed E-state index contributed by atoms with van der Waals surface area (Å²) in [4.78, 5) is 26.7. The van der Waals surface area contributed by atoms with Crippen molar-refractivity contribution >= 4 is 40.0 Å². The topological polar surface area (TPSA) is 58.6 Å². The van der Waals surface area contributed by atoms with E-state index in [1.165, 1.54) is 34.4 Å². The first kappa shape index (κ1) is 19.3. The molecule has 160 valence electrons. The van der Waals surface area contributed by atoms with Gasteiger partial charge in [-0.1, -0.05) is 42.5 Å². The summed E-state index contributed by atoms with van der Waals surface area (Å²) >= 11 is 0. The zero-order valence-corrected chi connectivity index (χ0v) is 18.0. The molecule has 1 spiro atoms. The molecule has 2 heterocycles. The van der Waals surface area contributed by atoms with Crippen LogP contribution in [0.15, 0.2) is 54.6 Å². The van der Waals surface area contributed by atoms with Crippen LogP contribution in [0.4, 0.5) is 5.69 Å². The molecule has 0 bridgehead atoms. The molecule has 6 rings (SSSR count). The number of carbonyl (C=O) groups excluding carboxylic acids is 2. The van der Waals surface area contributed by atoms with Crippen LogP contribution in [0, 0.1) is 0 Å². The fraction of sp³-hybridized carbons (Fsp3) is 0.259. The van der Waals surface area contributed by atoms with Crippen molar-refractivity contribution in [2.45, 2.75) is 25.2 Å². The van der Waals surface area contributed by atoms with Crippen molar-refractivity contribution < 1.29 is 14.3 Å². The number of ether oxygens (including phenoxy) is 1. The third kappa shape index (κ3) is 2.67. The highest BCUT2D eigenvalue weighted by Gasteiger charge is 2.51. The number of anilines is 1. The van der Waals surface area contributed by atoms with Gasteiger partial charge in [0.1, 0.15) is 0 Å². The molecular formula is C27H24N2O3. The van der Waals surface area contributed by atoms with Gasteiger partial charge in [-0.15, -0.1) is 0 Å². The van der Waals surface area contributed by atoms with Gasteiger partial charge in [-0.05, 0) is 82.7 Å². The van der Waals surface area contributed by atoms with Crippen LogP contribution in [0.25, 0.3) is 22.4 Å². The lowest BCUT2D eigenvalue weighted by atomic mass is 9.73. The van der Waals surface area contributed by atoms with Crippen molar-refractivity contribution in [1.82, 2.24) is 5.32 Å². The van der Waals surface area contributed by atoms with Crippen molar-refractivity contribution in [2.75, 3.05) is 24.7 Å². The lowest BCUT2D eigenvalue weighted by Crippen LogP contribution is -2.47. The van der Waals surface area contributed by atoms with Crippen LogP contribution >= 0.6 is 0 Å². The molecule has 3 aliphatic rings. The normalized spacial score (nSPS) is 18.2. The van der Waals surface area contributed by atoms with Crippen molar-refractivity contribution in [2.24, 2.45) is 0 Å². The molecule has 0 aromatic heterocycles. The third-order valence-corrected chi connectivity index (χ3v) is 7.15. The monoisotopic (exact) mass is 424 g/mol. The van der Waals surface area contributed by atoms with Crippen LogP contribution in [0.3, 0.4) is 0 Å². The highest BCUT2D eigenvalue weighted by atomic mass is 16.5. The maximum absolute atomic E-state index is 13.6. The number of amides is 1. The summed E-state index contributed by atoms with van der Waals surface area (Å²) in [7, 11) is 0. The second-order valence-corrected chi connectivity index (χ2v) is 8.87. The molecule has 3 aromatic carbocycles. The highest BCUT2D eigenvalue weighted by molar-refractivity contribution is 6.14. The Morgan fingerprint density at radius 3 is 2.66 bits per heavy atom. The summed E-state index contributed by atoms with van der Waals surface area (Å²) in [5, 5.41) is 5.91. The molecule has 0 atom stereocenters. The molecule has 1 amide bonds. The van der Waals surface area contributed by atoms with Crippen LogP contribution in [0.5, 0.6) is 0 Å². The maximum Gasteiger partial charge on any atom is 0.304 e. The first-order valence-electron chi connectivity index (χ1n) is 11.1. The number of hydrogen-bond acceptors (Lipinski definition) is 4. The van der Waals surface area contributed by atoms with Gasteiger partial charge in [0.2, 0.25) is 5.91 Å². The first-order valence-corrected chi connectivity index (χ1v) is 11.1. The SMILES string of the molecule is CC(=O)OCN1C(=O)C2(CCNCC2)c2cc(C3=Cc4cccc5cccc3c45)ccc21. The molecular weight excluding hydrogens is 400 g/mol. The number of esters is 1. The highest BCUT2D eigenvalue weighted by Crippen LogP contribution is 2.49. The van der Waals surface area contributed by atoms with E-state index < -0.39 is 5.41 Å². The second-order valence-electron chi connectivity index (χ2n) is 8.87. The minimum Gasteiger partial charge on any atom is -0.444 e. The Kier molecular flexibility index (Phi) is 4.24. The van der Waals surface area contributed by atoms with E-state index in [0.29, 0.717) is 0 Å². The molecule has 1 N–H and O–H groups in total. The average Bonchev–Trinajstić information content (AvgIpc) is 3.29. The maximum atomic E-state index is 13.6. The third-order valence-electron chi connectivity index (χ3n) is 7.15. The Balaban J connectivity index is 1.48. The molecule has 1 aliphatic carbocycles. The predicted octanol–water partition coefficient (Wildman–Crippen LogP) is 4.23. The number of rotatable bonds is 3. The largest absolute Gasteiger partial charge is 0.444 e. The lowest BCUT2D eigenvalue weighted by Gasteiger charge is -2.33. The minimum absolute atomic E-state index is 0.0386. The van der Waals surface area contributed by atoms with Crippen LogP contribution in [0.2, 0.25) is 0 Å². The fourth-order valence-corrected chi connectivity index (χ4v) is 5.61. The predicted molar refractivity (Wildman–Crippen MR) is 125 cm³/mol. The van der Waals surface area contributed by atoms with E-state index in [9.17, 15) is 9.59 Å². The summed E-state index contributed by atoms with van der Waals surface area (Å²) in [5.41, 5.74) is 6.13. The van der Waals surface area contributed by atoms with Gasteiger partial charge in [0, 0.05) is 6.92 Å². The zero-order valence-electron chi connectivity index (χ0n) is 18.0. The first-order chi connectivity index (χ1) is 15.6. The van der Waals surface area contributed by atoms with E-state index in [4.69, 9.17) is 4.74 Å². The summed E-state index contributed by atoms with van der Waals surface area (Å²) in [5.74, 6) is -0.345. The molecule has 1 fully saturated rings. The smallest absolute Gasteiger partial charge is 0.304 e. The second kappa shape index (κ2) is 7.04. The van der Waals surface area contributed by atoms with Gasteiger partial charge in [-0.2, -0.15) is 0 Å². The van der Waals surface area contributed by atoms with E-state index in [2.05, 4.69) is 59.9 Å². The number of fused-ring (bicyclic) bond motifs is 2. The number of benzene rings is 3. The van der Waals surface area contributed by atoms with E-state index in [1.54, 1.807) is 4.90 Å². The number of carbonyl (C=O) groups is 2. The number of nitrogens with zero attached hydrogens (tertiary/aromatic N) is 1. The van der Waals surface area contributed by atoms with Crippen LogP contribution in [0.1, 0.15) is 42.0 Å². The Bertz CT molecular complexity index is 1310. The van der Waals surface area contributed by atoms with Gasteiger partial charge in [-0.25, -0.2) is 0 Å². The lowest BCUT2D eigenvalue weighted by molar-refractivity contribution is -0.141. The van der Waals surface area contributed by atoms with Crippen LogP contribution < -0.4 is 10.2 Å². The van der Waals surface area contributed by atoms with Gasteiger partial charge in [0.25, 0.3) is 0 Å². The molecule has 5 nitrogen and oxygen atoms in total. The van der Waals surface area contributed by atoms with Crippen molar-refractivity contribution in [3.63, 3.8) is 0 Å². The molecule has 2 aliphatic heterocycles. The van der Waals surface area contributed by atoms with E-state index in [-0.39, 0.29) is 18.6 Å². The summed E-state index contributed by atoms with van der Waals surface area (Å²) in [6.45, 7) is 2.92. The van der Waals surface area contributed by atoms with Gasteiger partial charge >= 0.3 is 5.97 Å². The van der Waals surface area contributed by atoms with Crippen molar-refractivity contribution in [1.29, 1.82) is 0 Å². The molecule has 5 heteroatoms. The van der Waals surface area contributed by atoms with Crippen LogP contribution in [-0.2, 0) is 19.7 Å². The quantitative estimate of drug-likeness (QED) is 0.500. The Hall–Kier alpha value is -3.44. The number of nitrogens with one attached hydrogen (secondary N) is 1. The van der Waals surface area contributed by atoms with Crippen molar-refractivity contribution in [3.8, 4) is 0 Å². The minimum atomic E-state index is -0.561. The summed E-state index contributed by atoms with van der Waals surface area (Å²) in [6, 6.07) is 19.1. The van der Waals surface area contributed by atoms with Gasteiger partial charge in [-0.3, -0.25) is 14.5 Å². The molecule has 3 aromatic rings. The average molecular weight is 425 g/mol. The van der Waals surface area contributed by atoms with Crippen molar-refractivity contribution in [3.05, 3.63) is 76.9 Å². The Morgan fingerprint density at radius 1 is 1.09 bits per heavy atom. The number of hydrogen-bond donors (Lipinski definition) is 1. The Morgan fingerprint density at radius 2 is 1.88 bits per heavy atom. The molecule has 1 saturated heterocycles. The summed E-state index contributed by atoms with van der Waals surface area (Å²) < 4.78 is 5.24. The molecule has 32 heavy (non-hydrogen) atoms. The van der Waals surface area contributed by atoms with E-state index in [0.717, 1.165) is 42.7 Å². The molecule has 0 unspecified atom stereocenters. The van der Waals surface area contributed by atoms with Crippen LogP contribution in [-0.4, -0.2) is 31.7 Å². The zero-order chi connectivity index (χ0) is 21.9. The summed E-state index contributed by atoms with van der Waals surface area (Å²) in [6.07, 6.45) is 3.74. The van der Waals surface area contributed by atoms with Gasteiger partial charge in [0.05, 0.1) is 11.1 Å².